The lowest BCUT2D eigenvalue weighted by molar-refractivity contribution is 0.0698. The number of fused-ring (bicyclic) bond motifs is 1. The van der Waals surface area contributed by atoms with Crippen molar-refractivity contribution in [3.05, 3.63) is 59.7 Å². The molecule has 1 aromatic heterocycles. The van der Waals surface area contributed by atoms with Crippen LogP contribution in [-0.4, -0.2) is 23.2 Å². The van der Waals surface area contributed by atoms with Gasteiger partial charge in [0.2, 0.25) is 0 Å². The summed E-state index contributed by atoms with van der Waals surface area (Å²) in [6, 6.07) is 14.7. The standard InChI is InChI=1S/C18H15NO3/c1-11-16(18(20)21)14-5-3-4-6-15(14)19-17(11)12-7-9-13(22-2)10-8-12/h3-10H,1-2H3,(H,20,21). The highest BCUT2D eigenvalue weighted by molar-refractivity contribution is 6.05. The number of ether oxygens (including phenoxy) is 1. The lowest BCUT2D eigenvalue weighted by Crippen LogP contribution is -2.04. The molecule has 1 N–H and O–H groups in total. The molecular formula is C18H15NO3. The van der Waals surface area contributed by atoms with Crippen LogP contribution in [0.1, 0.15) is 15.9 Å². The number of para-hydroxylation sites is 1. The highest BCUT2D eigenvalue weighted by Gasteiger charge is 2.17. The number of nitrogens with zero attached hydrogens (tertiary/aromatic N) is 1. The smallest absolute Gasteiger partial charge is 0.336 e. The van der Waals surface area contributed by atoms with E-state index in [1.807, 2.05) is 42.5 Å². The Morgan fingerprint density at radius 2 is 1.77 bits per heavy atom. The molecule has 0 aliphatic heterocycles. The molecule has 0 atom stereocenters. The maximum atomic E-state index is 11.7. The van der Waals surface area contributed by atoms with Crippen molar-refractivity contribution in [3.8, 4) is 17.0 Å². The summed E-state index contributed by atoms with van der Waals surface area (Å²) in [4.78, 5) is 16.3. The SMILES string of the molecule is COc1ccc(-c2nc3ccccc3c(C(=O)O)c2C)cc1. The third kappa shape index (κ3) is 2.29. The predicted molar refractivity (Wildman–Crippen MR) is 85.4 cm³/mol. The molecule has 0 saturated heterocycles. The van der Waals surface area contributed by atoms with E-state index in [-0.39, 0.29) is 0 Å². The Kier molecular flexibility index (Phi) is 3.51. The van der Waals surface area contributed by atoms with Crippen LogP contribution in [0, 0.1) is 6.92 Å². The van der Waals surface area contributed by atoms with Gasteiger partial charge in [0.1, 0.15) is 5.75 Å². The molecule has 4 heteroatoms. The fourth-order valence-corrected chi connectivity index (χ4v) is 2.61. The topological polar surface area (TPSA) is 59.4 Å². The molecule has 0 saturated carbocycles. The molecule has 0 aliphatic rings. The first-order valence-corrected chi connectivity index (χ1v) is 6.89. The average Bonchev–Trinajstić information content (AvgIpc) is 2.54. The van der Waals surface area contributed by atoms with Crippen molar-refractivity contribution in [1.29, 1.82) is 0 Å². The van der Waals surface area contributed by atoms with E-state index in [2.05, 4.69) is 4.98 Å². The number of aromatic nitrogens is 1. The molecule has 1 heterocycles. The van der Waals surface area contributed by atoms with Crippen molar-refractivity contribution < 1.29 is 14.6 Å². The molecule has 3 aromatic rings. The minimum absolute atomic E-state index is 0.302. The minimum atomic E-state index is -0.939. The fraction of sp³-hybridized carbons (Fsp3) is 0.111. The van der Waals surface area contributed by atoms with Crippen LogP contribution >= 0.6 is 0 Å². The van der Waals surface area contributed by atoms with Gasteiger partial charge in [0.05, 0.1) is 23.9 Å². The largest absolute Gasteiger partial charge is 0.497 e. The zero-order chi connectivity index (χ0) is 15.7. The van der Waals surface area contributed by atoms with Crippen LogP contribution in [0.4, 0.5) is 0 Å². The molecule has 2 aromatic carbocycles. The predicted octanol–water partition coefficient (Wildman–Crippen LogP) is 3.92. The Morgan fingerprint density at radius 1 is 1.09 bits per heavy atom. The molecule has 4 nitrogen and oxygen atoms in total. The highest BCUT2D eigenvalue weighted by Crippen LogP contribution is 2.30. The van der Waals surface area contributed by atoms with E-state index >= 15 is 0 Å². The van der Waals surface area contributed by atoms with Gasteiger partial charge in [0.15, 0.2) is 0 Å². The summed E-state index contributed by atoms with van der Waals surface area (Å²) in [6.07, 6.45) is 0. The molecular weight excluding hydrogens is 278 g/mol. The van der Waals surface area contributed by atoms with Gasteiger partial charge in [-0.3, -0.25) is 0 Å². The minimum Gasteiger partial charge on any atom is -0.497 e. The molecule has 0 amide bonds. The third-order valence-electron chi connectivity index (χ3n) is 3.71. The van der Waals surface area contributed by atoms with Gasteiger partial charge in [-0.1, -0.05) is 18.2 Å². The molecule has 0 fully saturated rings. The Balaban J connectivity index is 2.29. The summed E-state index contributed by atoms with van der Waals surface area (Å²) >= 11 is 0. The molecule has 0 unspecified atom stereocenters. The van der Waals surface area contributed by atoms with E-state index in [9.17, 15) is 9.90 Å². The van der Waals surface area contributed by atoms with E-state index in [4.69, 9.17) is 4.74 Å². The second-order valence-corrected chi connectivity index (χ2v) is 5.01. The van der Waals surface area contributed by atoms with Crippen LogP contribution in [0.5, 0.6) is 5.75 Å². The highest BCUT2D eigenvalue weighted by atomic mass is 16.5. The average molecular weight is 293 g/mol. The Bertz CT molecular complexity index is 854. The zero-order valence-corrected chi connectivity index (χ0v) is 12.3. The van der Waals surface area contributed by atoms with Gasteiger partial charge in [0, 0.05) is 10.9 Å². The summed E-state index contributed by atoms with van der Waals surface area (Å²) < 4.78 is 5.15. The number of aromatic carboxylic acids is 1. The molecule has 0 spiro atoms. The van der Waals surface area contributed by atoms with Crippen LogP contribution in [0.15, 0.2) is 48.5 Å². The fourth-order valence-electron chi connectivity index (χ4n) is 2.61. The van der Waals surface area contributed by atoms with Crippen LogP contribution in [0.2, 0.25) is 0 Å². The maximum absolute atomic E-state index is 11.7. The molecule has 0 radical (unpaired) electrons. The van der Waals surface area contributed by atoms with Gasteiger partial charge in [-0.25, -0.2) is 9.78 Å². The number of rotatable bonds is 3. The second kappa shape index (κ2) is 5.48. The van der Waals surface area contributed by atoms with Gasteiger partial charge in [0.25, 0.3) is 0 Å². The summed E-state index contributed by atoms with van der Waals surface area (Å²) in [7, 11) is 1.61. The number of methoxy groups -OCH3 is 1. The van der Waals surface area contributed by atoms with Crippen molar-refractivity contribution in [2.24, 2.45) is 0 Å². The molecule has 3 rings (SSSR count). The zero-order valence-electron chi connectivity index (χ0n) is 12.3. The normalized spacial score (nSPS) is 10.6. The van der Waals surface area contributed by atoms with Gasteiger partial charge >= 0.3 is 5.97 Å². The first-order valence-electron chi connectivity index (χ1n) is 6.89. The van der Waals surface area contributed by atoms with E-state index in [0.717, 1.165) is 11.3 Å². The van der Waals surface area contributed by atoms with E-state index in [0.29, 0.717) is 27.7 Å². The Morgan fingerprint density at radius 3 is 2.41 bits per heavy atom. The number of benzene rings is 2. The first-order chi connectivity index (χ1) is 10.6. The van der Waals surface area contributed by atoms with Gasteiger partial charge in [-0.15, -0.1) is 0 Å². The summed E-state index contributed by atoms with van der Waals surface area (Å²) in [5.74, 6) is -0.188. The lowest BCUT2D eigenvalue weighted by Gasteiger charge is -2.12. The van der Waals surface area contributed by atoms with Crippen molar-refractivity contribution in [2.45, 2.75) is 6.92 Å². The Labute approximate surface area is 128 Å². The van der Waals surface area contributed by atoms with E-state index in [1.54, 1.807) is 20.1 Å². The van der Waals surface area contributed by atoms with Crippen molar-refractivity contribution in [2.75, 3.05) is 7.11 Å². The van der Waals surface area contributed by atoms with Crippen LogP contribution in [-0.2, 0) is 0 Å². The molecule has 0 bridgehead atoms. The van der Waals surface area contributed by atoms with E-state index in [1.165, 1.54) is 0 Å². The second-order valence-electron chi connectivity index (χ2n) is 5.01. The van der Waals surface area contributed by atoms with Crippen LogP contribution < -0.4 is 4.74 Å². The summed E-state index contributed by atoms with van der Waals surface area (Å²) in [5.41, 5.74) is 3.19. The molecule has 0 aliphatic carbocycles. The van der Waals surface area contributed by atoms with Gasteiger partial charge in [-0.2, -0.15) is 0 Å². The van der Waals surface area contributed by atoms with Crippen molar-refractivity contribution >= 4 is 16.9 Å². The number of carboxylic acids is 1. The number of carbonyl (C=O) groups is 1. The monoisotopic (exact) mass is 293 g/mol. The first kappa shape index (κ1) is 14.1. The maximum Gasteiger partial charge on any atom is 0.336 e. The Hall–Kier alpha value is -2.88. The number of carboxylic acid groups (broad SMARTS) is 1. The van der Waals surface area contributed by atoms with E-state index < -0.39 is 5.97 Å². The summed E-state index contributed by atoms with van der Waals surface area (Å²) in [6.45, 7) is 1.79. The van der Waals surface area contributed by atoms with Gasteiger partial charge in [-0.05, 0) is 42.8 Å². The van der Waals surface area contributed by atoms with Crippen molar-refractivity contribution in [3.63, 3.8) is 0 Å². The number of pyridine rings is 1. The number of hydrogen-bond acceptors (Lipinski definition) is 3. The number of hydrogen-bond donors (Lipinski definition) is 1. The third-order valence-corrected chi connectivity index (χ3v) is 3.71. The molecule has 110 valence electrons. The van der Waals surface area contributed by atoms with Gasteiger partial charge < -0.3 is 9.84 Å². The summed E-state index contributed by atoms with van der Waals surface area (Å²) in [5, 5.41) is 10.2. The van der Waals surface area contributed by atoms with Crippen LogP contribution in [0.25, 0.3) is 22.2 Å². The van der Waals surface area contributed by atoms with Crippen molar-refractivity contribution in [1.82, 2.24) is 4.98 Å². The lowest BCUT2D eigenvalue weighted by atomic mass is 9.98. The molecule has 22 heavy (non-hydrogen) atoms. The quantitative estimate of drug-likeness (QED) is 0.795. The van der Waals surface area contributed by atoms with Crippen LogP contribution in [0.3, 0.4) is 0 Å².